The third-order valence-electron chi connectivity index (χ3n) is 7.50. The van der Waals surface area contributed by atoms with Crippen LogP contribution in [0.25, 0.3) is 27.7 Å². The number of fused-ring (bicyclic) bond motifs is 1. The molecule has 2 aromatic heterocycles. The molecule has 0 spiro atoms. The van der Waals surface area contributed by atoms with Crippen molar-refractivity contribution in [3.8, 4) is 16.8 Å². The van der Waals surface area contributed by atoms with Crippen molar-refractivity contribution >= 4 is 40.9 Å². The van der Waals surface area contributed by atoms with Gasteiger partial charge in [0.2, 0.25) is 5.91 Å². The number of benzene rings is 2. The lowest BCUT2D eigenvalue weighted by molar-refractivity contribution is -0.126. The minimum Gasteiger partial charge on any atom is -0.398 e. The lowest BCUT2D eigenvalue weighted by Crippen LogP contribution is -2.54. The van der Waals surface area contributed by atoms with Gasteiger partial charge in [0, 0.05) is 54.1 Å². The maximum atomic E-state index is 15.9. The van der Waals surface area contributed by atoms with Crippen molar-refractivity contribution in [1.82, 2.24) is 19.4 Å². The van der Waals surface area contributed by atoms with E-state index in [0.717, 1.165) is 0 Å². The first-order valence-electron chi connectivity index (χ1n) is 13.3. The fraction of sp³-hybridized carbons (Fsp3) is 0.267. The molecule has 4 aromatic rings. The molecule has 3 heterocycles. The van der Waals surface area contributed by atoms with Gasteiger partial charge < -0.3 is 20.1 Å². The van der Waals surface area contributed by atoms with Gasteiger partial charge in [-0.15, -0.1) is 0 Å². The van der Waals surface area contributed by atoms with Gasteiger partial charge >= 0.3 is 5.69 Å². The van der Waals surface area contributed by atoms with E-state index in [4.69, 9.17) is 5.73 Å². The lowest BCUT2D eigenvalue weighted by Gasteiger charge is -2.40. The summed E-state index contributed by atoms with van der Waals surface area (Å²) < 4.78 is 45.6. The highest BCUT2D eigenvalue weighted by Crippen LogP contribution is 2.39. The summed E-state index contributed by atoms with van der Waals surface area (Å²) in [4.78, 5) is 38.5. The number of halogens is 2. The second-order valence-electron chi connectivity index (χ2n) is 10.8. The van der Waals surface area contributed by atoms with Crippen LogP contribution in [0.4, 0.5) is 20.3 Å². The minimum atomic E-state index is -3.02. The minimum absolute atomic E-state index is 0.0259. The van der Waals surface area contributed by atoms with Crippen molar-refractivity contribution in [1.29, 1.82) is 0 Å². The number of aryl methyl sites for hydroxylation is 1. The van der Waals surface area contributed by atoms with E-state index in [1.165, 1.54) is 47.2 Å². The number of hydrogen-bond donors (Lipinski definition) is 1. The Hall–Kier alpha value is -4.37. The number of rotatable bonds is 5. The van der Waals surface area contributed by atoms with Gasteiger partial charge in [0.15, 0.2) is 0 Å². The SMILES string of the molecule is C=CC(=O)N1CCN(c2nc(=O)n(-c3c(C)ccnc3P(C)(C)=O)c3cc(-c4c(N)cccc4F)c(F)cc23)[C@@H](C)C1. The topological polar surface area (TPSA) is 114 Å². The number of pyridine rings is 1. The zero-order chi connectivity index (χ0) is 30.5. The monoisotopic (exact) mass is 592 g/mol. The number of piperazine rings is 1. The van der Waals surface area contributed by atoms with Crippen LogP contribution in [0.2, 0.25) is 0 Å². The Morgan fingerprint density at radius 2 is 1.90 bits per heavy atom. The van der Waals surface area contributed by atoms with Crippen LogP contribution in [-0.4, -0.2) is 64.3 Å². The molecule has 2 N–H and O–H groups in total. The van der Waals surface area contributed by atoms with Crippen LogP contribution in [0.1, 0.15) is 12.5 Å². The molecular weight excluding hydrogens is 561 g/mol. The Bertz CT molecular complexity index is 1850. The van der Waals surface area contributed by atoms with Crippen molar-refractivity contribution in [2.24, 2.45) is 0 Å². The van der Waals surface area contributed by atoms with E-state index >= 15 is 8.78 Å². The molecule has 0 unspecified atom stereocenters. The Labute approximate surface area is 241 Å². The summed E-state index contributed by atoms with van der Waals surface area (Å²) in [6.07, 6.45) is 2.76. The fourth-order valence-corrected chi connectivity index (χ4v) is 6.62. The molecule has 0 bridgehead atoms. The van der Waals surface area contributed by atoms with Gasteiger partial charge in [-0.25, -0.2) is 13.6 Å². The smallest absolute Gasteiger partial charge is 0.354 e. The molecule has 12 heteroatoms. The Morgan fingerprint density at radius 3 is 2.55 bits per heavy atom. The summed E-state index contributed by atoms with van der Waals surface area (Å²) in [6, 6.07) is 8.06. The number of nitrogens with two attached hydrogens (primary N) is 1. The summed E-state index contributed by atoms with van der Waals surface area (Å²) >= 11 is 0. The summed E-state index contributed by atoms with van der Waals surface area (Å²) in [5.41, 5.74) is 6.41. The molecule has 1 atom stereocenters. The van der Waals surface area contributed by atoms with Gasteiger partial charge in [0.05, 0.1) is 11.2 Å². The molecule has 1 amide bonds. The van der Waals surface area contributed by atoms with Crippen molar-refractivity contribution in [3.63, 3.8) is 0 Å². The van der Waals surface area contributed by atoms with Crippen LogP contribution in [0.3, 0.4) is 0 Å². The average molecular weight is 593 g/mol. The highest BCUT2D eigenvalue weighted by atomic mass is 31.2. The van der Waals surface area contributed by atoms with Crippen LogP contribution >= 0.6 is 7.14 Å². The largest absolute Gasteiger partial charge is 0.398 e. The fourth-order valence-electron chi connectivity index (χ4n) is 5.49. The van der Waals surface area contributed by atoms with E-state index in [2.05, 4.69) is 16.5 Å². The van der Waals surface area contributed by atoms with Crippen LogP contribution in [0.5, 0.6) is 0 Å². The Kier molecular flexibility index (Phi) is 7.49. The van der Waals surface area contributed by atoms with Crippen molar-refractivity contribution < 1.29 is 18.1 Å². The quantitative estimate of drug-likeness (QED) is 0.211. The number of nitrogens with zero attached hydrogens (tertiary/aromatic N) is 5. The molecule has 42 heavy (non-hydrogen) atoms. The van der Waals surface area contributed by atoms with E-state index in [1.807, 2.05) is 11.8 Å². The van der Waals surface area contributed by atoms with E-state index in [1.54, 1.807) is 31.2 Å². The number of nitrogen functional groups attached to an aromatic ring is 1. The third kappa shape index (κ3) is 4.98. The highest BCUT2D eigenvalue weighted by molar-refractivity contribution is 7.70. The summed E-state index contributed by atoms with van der Waals surface area (Å²) in [5.74, 6) is -1.48. The van der Waals surface area contributed by atoms with Crippen LogP contribution in [0.15, 0.2) is 60.0 Å². The molecule has 1 aliphatic rings. The van der Waals surface area contributed by atoms with Crippen molar-refractivity contribution in [3.05, 3.63) is 82.9 Å². The number of carbonyl (C=O) groups excluding carboxylic acids is 1. The van der Waals surface area contributed by atoms with Crippen LogP contribution in [0, 0.1) is 18.6 Å². The summed E-state index contributed by atoms with van der Waals surface area (Å²) in [7, 11) is -3.02. The number of aromatic nitrogens is 3. The molecule has 1 aliphatic heterocycles. The van der Waals surface area contributed by atoms with Gasteiger partial charge in [-0.1, -0.05) is 12.6 Å². The molecule has 0 radical (unpaired) electrons. The zero-order valence-electron chi connectivity index (χ0n) is 23.8. The summed E-state index contributed by atoms with van der Waals surface area (Å²) in [6.45, 7) is 11.3. The number of hydrogen-bond acceptors (Lipinski definition) is 7. The molecule has 218 valence electrons. The zero-order valence-corrected chi connectivity index (χ0v) is 24.7. The number of amides is 1. The molecule has 0 aliphatic carbocycles. The lowest BCUT2D eigenvalue weighted by atomic mass is 10.00. The van der Waals surface area contributed by atoms with Crippen molar-refractivity contribution in [2.75, 3.05) is 43.6 Å². The Morgan fingerprint density at radius 1 is 1.17 bits per heavy atom. The molecule has 1 saturated heterocycles. The molecule has 1 fully saturated rings. The second kappa shape index (κ2) is 10.8. The first kappa shape index (κ1) is 29.1. The molecular formula is C30H31F2N6O3P. The highest BCUT2D eigenvalue weighted by Gasteiger charge is 2.31. The average Bonchev–Trinajstić information content (AvgIpc) is 2.92. The molecule has 5 rings (SSSR count). The van der Waals surface area contributed by atoms with Gasteiger partial charge in [0.25, 0.3) is 0 Å². The first-order valence-corrected chi connectivity index (χ1v) is 15.9. The van der Waals surface area contributed by atoms with Gasteiger partial charge in [-0.05, 0) is 69.1 Å². The summed E-state index contributed by atoms with van der Waals surface area (Å²) in [5, 5.41) is 0.275. The standard InChI is InChI=1S/C30H31F2N6O3P/c1-6-25(39)36-12-13-37(18(3)16-36)28-20-14-22(32)19(26-21(31)8-7-9-23(26)33)15-24(20)38(30(40)35-28)27-17(2)10-11-34-29(27)42(4,5)41/h6-11,14-15,18H,1,12-13,16,33H2,2-5H3/t18-/m0/s1. The maximum Gasteiger partial charge on any atom is 0.354 e. The molecule has 9 nitrogen and oxygen atoms in total. The maximum absolute atomic E-state index is 15.9. The predicted molar refractivity (Wildman–Crippen MR) is 162 cm³/mol. The van der Waals surface area contributed by atoms with E-state index in [9.17, 15) is 14.2 Å². The van der Waals surface area contributed by atoms with Crippen LogP contribution in [-0.2, 0) is 9.36 Å². The van der Waals surface area contributed by atoms with Gasteiger partial charge in [-0.3, -0.25) is 14.3 Å². The van der Waals surface area contributed by atoms with E-state index < -0.39 is 24.5 Å². The normalized spacial score (nSPS) is 15.7. The number of carbonyl (C=O) groups is 1. The third-order valence-corrected chi connectivity index (χ3v) is 8.85. The number of anilines is 2. The Balaban J connectivity index is 1.86. The molecule has 0 saturated carbocycles. The van der Waals surface area contributed by atoms with E-state index in [-0.39, 0.29) is 56.6 Å². The second-order valence-corrected chi connectivity index (χ2v) is 13.9. The van der Waals surface area contributed by atoms with Crippen molar-refractivity contribution in [2.45, 2.75) is 19.9 Å². The first-order chi connectivity index (χ1) is 19.8. The van der Waals surface area contributed by atoms with Crippen LogP contribution < -0.4 is 21.8 Å². The van der Waals surface area contributed by atoms with E-state index in [0.29, 0.717) is 25.2 Å². The van der Waals surface area contributed by atoms with Gasteiger partial charge in [-0.2, -0.15) is 4.98 Å². The predicted octanol–water partition coefficient (Wildman–Crippen LogP) is 4.09. The molecule has 2 aromatic carbocycles. The van der Waals surface area contributed by atoms with Gasteiger partial charge in [0.1, 0.15) is 30.0 Å².